The fourth-order valence-electron chi connectivity index (χ4n) is 2.97. The van der Waals surface area contributed by atoms with Gasteiger partial charge in [0.25, 0.3) is 0 Å². The molecular weight excluding hydrogens is 250 g/mol. The summed E-state index contributed by atoms with van der Waals surface area (Å²) < 4.78 is 10.8. The Morgan fingerprint density at radius 3 is 3.10 bits per heavy atom. The van der Waals surface area contributed by atoms with Gasteiger partial charge in [-0.2, -0.15) is 0 Å². The quantitative estimate of drug-likeness (QED) is 0.912. The van der Waals surface area contributed by atoms with Crippen LogP contribution in [0.5, 0.6) is 5.75 Å². The van der Waals surface area contributed by atoms with Gasteiger partial charge in [-0.15, -0.1) is 0 Å². The fraction of sp³-hybridized carbons (Fsp3) is 0.412. The highest BCUT2D eigenvalue weighted by Crippen LogP contribution is 2.32. The fourth-order valence-corrected chi connectivity index (χ4v) is 2.97. The number of hydrogen-bond donors (Lipinski definition) is 1. The van der Waals surface area contributed by atoms with Gasteiger partial charge in [-0.1, -0.05) is 12.1 Å². The molecule has 0 spiro atoms. The van der Waals surface area contributed by atoms with E-state index in [0.717, 1.165) is 17.9 Å². The van der Waals surface area contributed by atoms with Crippen molar-refractivity contribution in [1.82, 2.24) is 5.32 Å². The monoisotopic (exact) mass is 271 g/mol. The molecule has 1 aliphatic carbocycles. The van der Waals surface area contributed by atoms with E-state index in [1.54, 1.807) is 13.4 Å². The van der Waals surface area contributed by atoms with Gasteiger partial charge in [0, 0.05) is 24.1 Å². The average Bonchev–Trinajstić information content (AvgIpc) is 2.97. The summed E-state index contributed by atoms with van der Waals surface area (Å²) in [5, 5.41) is 3.71. The minimum Gasteiger partial charge on any atom is -0.497 e. The molecule has 106 valence electrons. The summed E-state index contributed by atoms with van der Waals surface area (Å²) in [6.45, 7) is 2.20. The van der Waals surface area contributed by atoms with E-state index >= 15 is 0 Å². The molecule has 3 nitrogen and oxygen atoms in total. The first-order valence-corrected chi connectivity index (χ1v) is 7.24. The number of aryl methyl sites for hydroxylation is 1. The molecule has 0 saturated heterocycles. The SMILES string of the molecule is COc1cccc([C@H](C)NC2CCCc3occc32)c1. The number of benzene rings is 1. The average molecular weight is 271 g/mol. The van der Waals surface area contributed by atoms with E-state index in [0.29, 0.717) is 6.04 Å². The zero-order valence-corrected chi connectivity index (χ0v) is 12.1. The summed E-state index contributed by atoms with van der Waals surface area (Å²) in [4.78, 5) is 0. The maximum absolute atomic E-state index is 5.55. The highest BCUT2D eigenvalue weighted by molar-refractivity contribution is 5.31. The van der Waals surface area contributed by atoms with Crippen LogP contribution in [0, 0.1) is 0 Å². The zero-order valence-electron chi connectivity index (χ0n) is 12.1. The van der Waals surface area contributed by atoms with Crippen molar-refractivity contribution in [1.29, 1.82) is 0 Å². The number of furan rings is 1. The third kappa shape index (κ3) is 2.59. The third-order valence-electron chi connectivity index (χ3n) is 4.10. The van der Waals surface area contributed by atoms with Crippen LogP contribution in [-0.4, -0.2) is 7.11 Å². The zero-order chi connectivity index (χ0) is 13.9. The Bertz CT molecular complexity index is 576. The first kappa shape index (κ1) is 13.3. The first-order valence-electron chi connectivity index (χ1n) is 7.24. The van der Waals surface area contributed by atoms with Gasteiger partial charge in [-0.3, -0.25) is 0 Å². The minimum atomic E-state index is 0.288. The Balaban J connectivity index is 1.75. The van der Waals surface area contributed by atoms with Gasteiger partial charge < -0.3 is 14.5 Å². The van der Waals surface area contributed by atoms with Gasteiger partial charge in [0.1, 0.15) is 11.5 Å². The lowest BCUT2D eigenvalue weighted by molar-refractivity contribution is 0.383. The van der Waals surface area contributed by atoms with Gasteiger partial charge in [0.2, 0.25) is 0 Å². The van der Waals surface area contributed by atoms with Crippen molar-refractivity contribution in [2.45, 2.75) is 38.3 Å². The highest BCUT2D eigenvalue weighted by atomic mass is 16.5. The van der Waals surface area contributed by atoms with Crippen molar-refractivity contribution < 1.29 is 9.15 Å². The van der Waals surface area contributed by atoms with Crippen molar-refractivity contribution in [2.24, 2.45) is 0 Å². The van der Waals surface area contributed by atoms with Gasteiger partial charge >= 0.3 is 0 Å². The van der Waals surface area contributed by atoms with Crippen molar-refractivity contribution in [3.05, 3.63) is 53.5 Å². The second-order valence-corrected chi connectivity index (χ2v) is 5.41. The molecule has 1 N–H and O–H groups in total. The summed E-state index contributed by atoms with van der Waals surface area (Å²) in [6.07, 6.45) is 5.22. The van der Waals surface area contributed by atoms with Crippen molar-refractivity contribution >= 4 is 0 Å². The number of nitrogens with one attached hydrogen (secondary N) is 1. The Kier molecular flexibility index (Phi) is 3.79. The largest absolute Gasteiger partial charge is 0.497 e. The second-order valence-electron chi connectivity index (χ2n) is 5.41. The van der Waals surface area contributed by atoms with Crippen LogP contribution in [0.1, 0.15) is 48.7 Å². The van der Waals surface area contributed by atoms with Crippen LogP contribution in [0.3, 0.4) is 0 Å². The van der Waals surface area contributed by atoms with Crippen LogP contribution in [0.4, 0.5) is 0 Å². The molecule has 3 heteroatoms. The van der Waals surface area contributed by atoms with E-state index in [-0.39, 0.29) is 6.04 Å². The Labute approximate surface area is 119 Å². The molecule has 3 rings (SSSR count). The van der Waals surface area contributed by atoms with E-state index in [9.17, 15) is 0 Å². The molecule has 2 aromatic rings. The van der Waals surface area contributed by atoms with Gasteiger partial charge in [-0.25, -0.2) is 0 Å². The van der Waals surface area contributed by atoms with Crippen molar-refractivity contribution in [3.8, 4) is 5.75 Å². The Morgan fingerprint density at radius 1 is 1.35 bits per heavy atom. The number of ether oxygens (including phenoxy) is 1. The molecule has 1 aliphatic rings. The third-order valence-corrected chi connectivity index (χ3v) is 4.10. The molecule has 0 aliphatic heterocycles. The number of hydrogen-bond acceptors (Lipinski definition) is 3. The molecule has 1 unspecified atom stereocenters. The number of methoxy groups -OCH3 is 1. The highest BCUT2D eigenvalue weighted by Gasteiger charge is 2.24. The molecule has 0 amide bonds. The van der Waals surface area contributed by atoms with Crippen LogP contribution in [-0.2, 0) is 6.42 Å². The van der Waals surface area contributed by atoms with Gasteiger partial charge in [-0.05, 0) is 43.5 Å². The van der Waals surface area contributed by atoms with Crippen molar-refractivity contribution in [2.75, 3.05) is 7.11 Å². The molecule has 0 radical (unpaired) electrons. The maximum atomic E-state index is 5.55. The lowest BCUT2D eigenvalue weighted by Gasteiger charge is -2.26. The van der Waals surface area contributed by atoms with E-state index in [1.165, 1.54) is 24.0 Å². The summed E-state index contributed by atoms with van der Waals surface area (Å²) in [7, 11) is 1.70. The summed E-state index contributed by atoms with van der Waals surface area (Å²) >= 11 is 0. The van der Waals surface area contributed by atoms with Gasteiger partial charge in [0.05, 0.1) is 13.4 Å². The molecule has 2 atom stereocenters. The summed E-state index contributed by atoms with van der Waals surface area (Å²) in [5.41, 5.74) is 2.57. The normalized spacial score (nSPS) is 19.4. The van der Waals surface area contributed by atoms with Crippen LogP contribution >= 0.6 is 0 Å². The van der Waals surface area contributed by atoms with E-state index < -0.39 is 0 Å². The standard InChI is InChI=1S/C17H21NO2/c1-12(13-5-3-6-14(11-13)19-2)18-16-7-4-8-17-15(16)9-10-20-17/h3,5-6,9-12,16,18H,4,7-8H2,1-2H3/t12-,16?/m0/s1. The lowest BCUT2D eigenvalue weighted by atomic mass is 9.92. The molecule has 1 aromatic heterocycles. The van der Waals surface area contributed by atoms with Crippen LogP contribution in [0.15, 0.2) is 41.0 Å². The maximum Gasteiger partial charge on any atom is 0.119 e. The first-order chi connectivity index (χ1) is 9.78. The lowest BCUT2D eigenvalue weighted by Crippen LogP contribution is -2.27. The smallest absolute Gasteiger partial charge is 0.119 e. The predicted molar refractivity (Wildman–Crippen MR) is 78.9 cm³/mol. The molecule has 20 heavy (non-hydrogen) atoms. The summed E-state index contributed by atoms with van der Waals surface area (Å²) in [6, 6.07) is 11.0. The Morgan fingerprint density at radius 2 is 2.25 bits per heavy atom. The van der Waals surface area contributed by atoms with Crippen molar-refractivity contribution in [3.63, 3.8) is 0 Å². The number of rotatable bonds is 4. The molecule has 1 heterocycles. The topological polar surface area (TPSA) is 34.4 Å². The minimum absolute atomic E-state index is 0.288. The molecule has 0 bridgehead atoms. The number of fused-ring (bicyclic) bond motifs is 1. The molecule has 0 fully saturated rings. The van der Waals surface area contributed by atoms with Crippen LogP contribution in [0.2, 0.25) is 0 Å². The molecular formula is C17H21NO2. The van der Waals surface area contributed by atoms with Crippen LogP contribution in [0.25, 0.3) is 0 Å². The molecule has 1 aromatic carbocycles. The summed E-state index contributed by atoms with van der Waals surface area (Å²) in [5.74, 6) is 2.05. The van der Waals surface area contributed by atoms with E-state index in [4.69, 9.17) is 9.15 Å². The van der Waals surface area contributed by atoms with E-state index in [2.05, 4.69) is 30.4 Å². The molecule has 0 saturated carbocycles. The van der Waals surface area contributed by atoms with E-state index in [1.807, 2.05) is 12.1 Å². The predicted octanol–water partition coefficient (Wildman–Crippen LogP) is 4.02. The second kappa shape index (κ2) is 5.71. The van der Waals surface area contributed by atoms with Gasteiger partial charge in [0.15, 0.2) is 0 Å². The Hall–Kier alpha value is -1.74. The van der Waals surface area contributed by atoms with Crippen LogP contribution < -0.4 is 10.1 Å².